The summed E-state index contributed by atoms with van der Waals surface area (Å²) in [5.41, 5.74) is 1.36. The van der Waals surface area contributed by atoms with E-state index < -0.39 is 5.97 Å². The third-order valence-corrected chi connectivity index (χ3v) is 3.84. The van der Waals surface area contributed by atoms with E-state index >= 15 is 0 Å². The van der Waals surface area contributed by atoms with Gasteiger partial charge in [-0.25, -0.2) is 4.79 Å². The van der Waals surface area contributed by atoms with Crippen LogP contribution >= 0.6 is 0 Å². The first kappa shape index (κ1) is 13.8. The molecule has 0 radical (unpaired) electrons. The van der Waals surface area contributed by atoms with Gasteiger partial charge in [-0.1, -0.05) is 12.1 Å². The molecule has 0 amide bonds. The largest absolute Gasteiger partial charge is 0.478 e. The van der Waals surface area contributed by atoms with Crippen LogP contribution in [0.25, 0.3) is 0 Å². The van der Waals surface area contributed by atoms with E-state index in [-0.39, 0.29) is 6.04 Å². The highest BCUT2D eigenvalue weighted by atomic mass is 16.4. The number of aromatic nitrogens is 3. The van der Waals surface area contributed by atoms with Crippen molar-refractivity contribution in [1.29, 1.82) is 0 Å². The maximum atomic E-state index is 10.8. The summed E-state index contributed by atoms with van der Waals surface area (Å²) in [6.07, 6.45) is 2.15. The fourth-order valence-corrected chi connectivity index (χ4v) is 2.62. The molecule has 0 fully saturated rings. The molecule has 1 atom stereocenters. The molecule has 21 heavy (non-hydrogen) atoms. The van der Waals surface area contributed by atoms with Crippen molar-refractivity contribution in [3.63, 3.8) is 0 Å². The van der Waals surface area contributed by atoms with Gasteiger partial charge in [0, 0.05) is 19.5 Å². The van der Waals surface area contributed by atoms with E-state index in [2.05, 4.69) is 27.0 Å². The summed E-state index contributed by atoms with van der Waals surface area (Å²) < 4.78 is 2.19. The molecule has 6 nitrogen and oxygen atoms in total. The first-order valence-corrected chi connectivity index (χ1v) is 7.13. The molecule has 110 valence electrons. The van der Waals surface area contributed by atoms with Gasteiger partial charge in [0.1, 0.15) is 11.6 Å². The maximum absolute atomic E-state index is 10.8. The third kappa shape index (κ3) is 2.80. The molecular weight excluding hydrogens is 268 g/mol. The number of aryl methyl sites for hydroxylation is 1. The molecule has 2 aromatic rings. The molecule has 1 aromatic carbocycles. The highest BCUT2D eigenvalue weighted by molar-refractivity contribution is 5.87. The van der Waals surface area contributed by atoms with Crippen LogP contribution < -0.4 is 5.32 Å². The van der Waals surface area contributed by atoms with Crippen LogP contribution in [-0.2, 0) is 19.5 Å². The van der Waals surface area contributed by atoms with Gasteiger partial charge in [0.05, 0.1) is 11.6 Å². The van der Waals surface area contributed by atoms with Gasteiger partial charge in [0.15, 0.2) is 0 Å². The molecule has 0 spiro atoms. The molecule has 3 rings (SSSR count). The van der Waals surface area contributed by atoms with Crippen molar-refractivity contribution in [3.05, 3.63) is 47.0 Å². The standard InChI is InChI=1S/C15H18N4O2/c1-10(14-18-17-13-3-2-8-19(13)14)16-9-11-4-6-12(7-5-11)15(20)21/h4-7,10,16H,2-3,8-9H2,1H3,(H,20,21). The minimum absolute atomic E-state index is 0.114. The van der Waals surface area contributed by atoms with E-state index in [0.717, 1.165) is 36.6 Å². The molecule has 0 bridgehead atoms. The predicted octanol–water partition coefficient (Wildman–Crippen LogP) is 1.77. The van der Waals surface area contributed by atoms with Crippen molar-refractivity contribution in [2.75, 3.05) is 0 Å². The fourth-order valence-electron chi connectivity index (χ4n) is 2.62. The highest BCUT2D eigenvalue weighted by Crippen LogP contribution is 2.19. The second kappa shape index (κ2) is 5.65. The Kier molecular flexibility index (Phi) is 3.70. The third-order valence-electron chi connectivity index (χ3n) is 3.84. The number of benzene rings is 1. The van der Waals surface area contributed by atoms with Crippen molar-refractivity contribution in [1.82, 2.24) is 20.1 Å². The van der Waals surface area contributed by atoms with Gasteiger partial charge in [-0.2, -0.15) is 0 Å². The Morgan fingerprint density at radius 1 is 1.38 bits per heavy atom. The first-order valence-electron chi connectivity index (χ1n) is 7.13. The number of hydrogen-bond donors (Lipinski definition) is 2. The van der Waals surface area contributed by atoms with Crippen LogP contribution in [0, 0.1) is 0 Å². The fraction of sp³-hybridized carbons (Fsp3) is 0.400. The summed E-state index contributed by atoms with van der Waals surface area (Å²) >= 11 is 0. The van der Waals surface area contributed by atoms with E-state index in [1.54, 1.807) is 12.1 Å². The van der Waals surface area contributed by atoms with Crippen LogP contribution in [0.15, 0.2) is 24.3 Å². The van der Waals surface area contributed by atoms with Crippen molar-refractivity contribution in [2.24, 2.45) is 0 Å². The SMILES string of the molecule is CC(NCc1ccc(C(=O)O)cc1)c1nnc2n1CCC2. The Bertz CT molecular complexity index is 648. The van der Waals surface area contributed by atoms with Crippen molar-refractivity contribution < 1.29 is 9.90 Å². The van der Waals surface area contributed by atoms with Crippen molar-refractivity contribution in [2.45, 2.75) is 38.9 Å². The number of carbonyl (C=O) groups is 1. The van der Waals surface area contributed by atoms with E-state index in [1.807, 2.05) is 12.1 Å². The average molecular weight is 286 g/mol. The van der Waals surface area contributed by atoms with Gasteiger partial charge in [-0.05, 0) is 31.0 Å². The van der Waals surface area contributed by atoms with Crippen molar-refractivity contribution in [3.8, 4) is 0 Å². The van der Waals surface area contributed by atoms with Gasteiger partial charge >= 0.3 is 5.97 Å². The number of nitrogens with zero attached hydrogens (tertiary/aromatic N) is 3. The van der Waals surface area contributed by atoms with E-state index in [0.29, 0.717) is 12.1 Å². The zero-order valence-corrected chi connectivity index (χ0v) is 11.9. The van der Waals surface area contributed by atoms with E-state index in [4.69, 9.17) is 5.11 Å². The molecule has 1 unspecified atom stereocenters. The van der Waals surface area contributed by atoms with Gasteiger partial charge in [-0.15, -0.1) is 10.2 Å². The molecule has 1 aliphatic rings. The van der Waals surface area contributed by atoms with Crippen molar-refractivity contribution >= 4 is 5.97 Å². The quantitative estimate of drug-likeness (QED) is 0.875. The normalized spacial score (nSPS) is 14.9. The lowest BCUT2D eigenvalue weighted by atomic mass is 10.1. The number of hydrogen-bond acceptors (Lipinski definition) is 4. The summed E-state index contributed by atoms with van der Waals surface area (Å²) in [4.78, 5) is 10.8. The first-order chi connectivity index (χ1) is 10.1. The Hall–Kier alpha value is -2.21. The zero-order chi connectivity index (χ0) is 14.8. The van der Waals surface area contributed by atoms with Gasteiger partial charge in [0.25, 0.3) is 0 Å². The maximum Gasteiger partial charge on any atom is 0.335 e. The Labute approximate surface area is 122 Å². The lowest BCUT2D eigenvalue weighted by molar-refractivity contribution is 0.0697. The van der Waals surface area contributed by atoms with Gasteiger partial charge in [-0.3, -0.25) is 0 Å². The second-order valence-corrected chi connectivity index (χ2v) is 5.33. The van der Waals surface area contributed by atoms with E-state index in [1.165, 1.54) is 0 Å². The summed E-state index contributed by atoms with van der Waals surface area (Å²) in [6.45, 7) is 3.74. The van der Waals surface area contributed by atoms with Crippen LogP contribution in [0.5, 0.6) is 0 Å². The lowest BCUT2D eigenvalue weighted by Gasteiger charge is -2.14. The van der Waals surface area contributed by atoms with Crippen LogP contribution in [0.1, 0.15) is 47.0 Å². The zero-order valence-electron chi connectivity index (χ0n) is 11.9. The topological polar surface area (TPSA) is 80.0 Å². The number of nitrogens with one attached hydrogen (secondary N) is 1. The van der Waals surface area contributed by atoms with E-state index in [9.17, 15) is 4.79 Å². The monoisotopic (exact) mass is 286 g/mol. The summed E-state index contributed by atoms with van der Waals surface area (Å²) in [5.74, 6) is 1.15. The summed E-state index contributed by atoms with van der Waals surface area (Å²) in [7, 11) is 0. The smallest absolute Gasteiger partial charge is 0.335 e. The number of rotatable bonds is 5. The molecular formula is C15H18N4O2. The summed E-state index contributed by atoms with van der Waals surface area (Å²) in [6, 6.07) is 7.02. The lowest BCUT2D eigenvalue weighted by Crippen LogP contribution is -2.21. The molecule has 2 N–H and O–H groups in total. The number of carboxylic acid groups (broad SMARTS) is 1. The molecule has 0 saturated carbocycles. The molecule has 1 aliphatic heterocycles. The number of carboxylic acids is 1. The molecule has 1 aromatic heterocycles. The van der Waals surface area contributed by atoms with Crippen LogP contribution in [0.2, 0.25) is 0 Å². The minimum atomic E-state index is -0.901. The van der Waals surface area contributed by atoms with Gasteiger partial charge < -0.3 is 15.0 Å². The molecule has 0 aliphatic carbocycles. The average Bonchev–Trinajstić information content (AvgIpc) is 3.08. The molecule has 0 saturated heterocycles. The summed E-state index contributed by atoms with van der Waals surface area (Å²) in [5, 5.41) is 20.8. The molecule has 6 heteroatoms. The van der Waals surface area contributed by atoms with Crippen LogP contribution in [-0.4, -0.2) is 25.8 Å². The Morgan fingerprint density at radius 3 is 2.86 bits per heavy atom. The minimum Gasteiger partial charge on any atom is -0.478 e. The second-order valence-electron chi connectivity index (χ2n) is 5.33. The van der Waals surface area contributed by atoms with Crippen LogP contribution in [0.3, 0.4) is 0 Å². The van der Waals surface area contributed by atoms with Crippen LogP contribution in [0.4, 0.5) is 0 Å². The highest BCUT2D eigenvalue weighted by Gasteiger charge is 2.20. The number of fused-ring (bicyclic) bond motifs is 1. The Balaban J connectivity index is 1.63. The predicted molar refractivity (Wildman–Crippen MR) is 77.0 cm³/mol. The molecule has 2 heterocycles. The Morgan fingerprint density at radius 2 is 2.14 bits per heavy atom. The van der Waals surface area contributed by atoms with Gasteiger partial charge in [0.2, 0.25) is 0 Å². The number of aromatic carboxylic acids is 1.